The van der Waals surface area contributed by atoms with E-state index in [1.165, 1.54) is 13.0 Å². The molecule has 1 unspecified atom stereocenters. The van der Waals surface area contributed by atoms with Crippen molar-refractivity contribution in [2.45, 2.75) is 19.8 Å². The number of rotatable bonds is 5. The van der Waals surface area contributed by atoms with Crippen molar-refractivity contribution in [2.75, 3.05) is 6.61 Å². The largest absolute Gasteiger partial charge is 0.396 e. The zero-order valence-corrected chi connectivity index (χ0v) is 9.04. The van der Waals surface area contributed by atoms with Crippen molar-refractivity contribution in [3.63, 3.8) is 0 Å². The minimum absolute atomic E-state index is 0.0567. The van der Waals surface area contributed by atoms with E-state index < -0.39 is 11.6 Å². The molecule has 0 spiro atoms. The highest BCUT2D eigenvalue weighted by molar-refractivity contribution is 5.78. The van der Waals surface area contributed by atoms with Gasteiger partial charge in [-0.2, -0.15) is 0 Å². The summed E-state index contributed by atoms with van der Waals surface area (Å²) in [5.74, 6) is -2.21. The molecule has 0 heterocycles. The molecule has 88 valence electrons. The fourth-order valence-electron chi connectivity index (χ4n) is 1.56. The second-order valence-electron chi connectivity index (χ2n) is 3.77. The average molecular weight is 228 g/mol. The first-order valence-corrected chi connectivity index (χ1v) is 5.10. The zero-order chi connectivity index (χ0) is 12.1. The molecule has 1 aromatic carbocycles. The van der Waals surface area contributed by atoms with Crippen LogP contribution in [0.15, 0.2) is 18.2 Å². The summed E-state index contributed by atoms with van der Waals surface area (Å²) in [6, 6.07) is 3.58. The molecule has 0 aliphatic rings. The Balaban J connectivity index is 2.77. The predicted octanol–water partition coefficient (Wildman–Crippen LogP) is 2.09. The number of aliphatic hydroxyl groups excluding tert-OH is 1. The molecule has 1 aromatic rings. The summed E-state index contributed by atoms with van der Waals surface area (Å²) in [5.41, 5.74) is 0.563. The van der Waals surface area contributed by atoms with Crippen molar-refractivity contribution < 1.29 is 18.7 Å². The van der Waals surface area contributed by atoms with E-state index in [0.717, 1.165) is 12.1 Å². The molecule has 0 saturated heterocycles. The monoisotopic (exact) mass is 228 g/mol. The first-order valence-electron chi connectivity index (χ1n) is 5.10. The van der Waals surface area contributed by atoms with E-state index in [9.17, 15) is 13.6 Å². The maximum absolute atomic E-state index is 12.9. The van der Waals surface area contributed by atoms with Gasteiger partial charge in [0.05, 0.1) is 0 Å². The van der Waals surface area contributed by atoms with Crippen LogP contribution in [0, 0.1) is 17.6 Å². The molecule has 0 aliphatic carbocycles. The third-order valence-electron chi connectivity index (χ3n) is 2.52. The van der Waals surface area contributed by atoms with Crippen molar-refractivity contribution in [1.82, 2.24) is 0 Å². The SMILES string of the molecule is CC(=O)C(CCO)Cc1ccc(F)c(F)c1. The van der Waals surface area contributed by atoms with Gasteiger partial charge in [-0.15, -0.1) is 0 Å². The van der Waals surface area contributed by atoms with E-state index in [1.807, 2.05) is 0 Å². The Morgan fingerprint density at radius 2 is 2.06 bits per heavy atom. The molecule has 0 amide bonds. The van der Waals surface area contributed by atoms with Crippen molar-refractivity contribution in [3.05, 3.63) is 35.4 Å². The van der Waals surface area contributed by atoms with E-state index in [-0.39, 0.29) is 18.3 Å². The summed E-state index contributed by atoms with van der Waals surface area (Å²) in [5, 5.41) is 8.78. The summed E-state index contributed by atoms with van der Waals surface area (Å²) in [7, 11) is 0. The molecule has 2 nitrogen and oxygen atoms in total. The van der Waals surface area contributed by atoms with Crippen LogP contribution in [0.1, 0.15) is 18.9 Å². The van der Waals surface area contributed by atoms with Gasteiger partial charge in [-0.1, -0.05) is 6.07 Å². The molecule has 0 aromatic heterocycles. The molecule has 0 radical (unpaired) electrons. The van der Waals surface area contributed by atoms with Gasteiger partial charge in [0.2, 0.25) is 0 Å². The number of Topliss-reactive ketones (excluding diaryl/α,β-unsaturated/α-hetero) is 1. The average Bonchev–Trinajstić information content (AvgIpc) is 2.22. The molecule has 1 atom stereocenters. The first-order chi connectivity index (χ1) is 7.54. The highest BCUT2D eigenvalue weighted by atomic mass is 19.2. The number of aliphatic hydroxyl groups is 1. The van der Waals surface area contributed by atoms with Crippen LogP contribution in [0.5, 0.6) is 0 Å². The van der Waals surface area contributed by atoms with Gasteiger partial charge in [0, 0.05) is 12.5 Å². The summed E-state index contributed by atoms with van der Waals surface area (Å²) in [4.78, 5) is 11.2. The summed E-state index contributed by atoms with van der Waals surface area (Å²) in [6.07, 6.45) is 0.668. The number of hydrogen-bond donors (Lipinski definition) is 1. The lowest BCUT2D eigenvalue weighted by Crippen LogP contribution is -2.15. The van der Waals surface area contributed by atoms with Gasteiger partial charge in [0.15, 0.2) is 11.6 Å². The van der Waals surface area contributed by atoms with Crippen molar-refractivity contribution in [1.29, 1.82) is 0 Å². The Kier molecular flexibility index (Phi) is 4.55. The number of halogens is 2. The number of carbonyl (C=O) groups excluding carboxylic acids is 1. The topological polar surface area (TPSA) is 37.3 Å². The summed E-state index contributed by atoms with van der Waals surface area (Å²) in [6.45, 7) is 1.34. The Bertz CT molecular complexity index is 377. The highest BCUT2D eigenvalue weighted by Crippen LogP contribution is 2.16. The van der Waals surface area contributed by atoms with Crippen LogP contribution in [0.4, 0.5) is 8.78 Å². The molecular formula is C12H14F2O2. The maximum Gasteiger partial charge on any atom is 0.159 e. The maximum atomic E-state index is 12.9. The number of ketones is 1. The van der Waals surface area contributed by atoms with Gasteiger partial charge >= 0.3 is 0 Å². The van der Waals surface area contributed by atoms with Gasteiger partial charge in [-0.3, -0.25) is 4.79 Å². The highest BCUT2D eigenvalue weighted by Gasteiger charge is 2.15. The Morgan fingerprint density at radius 3 is 2.56 bits per heavy atom. The van der Waals surface area contributed by atoms with Crippen LogP contribution in [0.2, 0.25) is 0 Å². The molecule has 0 aliphatic heterocycles. The van der Waals surface area contributed by atoms with E-state index in [2.05, 4.69) is 0 Å². The summed E-state index contributed by atoms with van der Waals surface area (Å²) < 4.78 is 25.6. The number of hydrogen-bond acceptors (Lipinski definition) is 2. The third kappa shape index (κ3) is 3.38. The number of carbonyl (C=O) groups is 1. The standard InChI is InChI=1S/C12H14F2O2/c1-8(16)10(4-5-15)6-9-2-3-11(13)12(14)7-9/h2-3,7,10,15H,4-6H2,1H3. The molecule has 1 rings (SSSR count). The van der Waals surface area contributed by atoms with Crippen LogP contribution in [0.25, 0.3) is 0 Å². The number of benzene rings is 1. The smallest absolute Gasteiger partial charge is 0.159 e. The molecule has 16 heavy (non-hydrogen) atoms. The molecular weight excluding hydrogens is 214 g/mol. The van der Waals surface area contributed by atoms with Crippen molar-refractivity contribution >= 4 is 5.78 Å². The van der Waals surface area contributed by atoms with Gasteiger partial charge in [0.25, 0.3) is 0 Å². The lowest BCUT2D eigenvalue weighted by molar-refractivity contribution is -0.121. The van der Waals surface area contributed by atoms with E-state index in [1.54, 1.807) is 0 Å². The van der Waals surface area contributed by atoms with E-state index in [0.29, 0.717) is 18.4 Å². The van der Waals surface area contributed by atoms with Crippen LogP contribution in [-0.4, -0.2) is 17.5 Å². The molecule has 0 bridgehead atoms. The summed E-state index contributed by atoms with van der Waals surface area (Å²) >= 11 is 0. The van der Waals surface area contributed by atoms with Crippen LogP contribution < -0.4 is 0 Å². The Hall–Kier alpha value is -1.29. The quantitative estimate of drug-likeness (QED) is 0.837. The van der Waals surface area contributed by atoms with Gasteiger partial charge in [-0.25, -0.2) is 8.78 Å². The van der Waals surface area contributed by atoms with Crippen LogP contribution >= 0.6 is 0 Å². The molecule has 0 saturated carbocycles. The van der Waals surface area contributed by atoms with Crippen LogP contribution in [0.3, 0.4) is 0 Å². The lowest BCUT2D eigenvalue weighted by atomic mass is 9.93. The fraction of sp³-hybridized carbons (Fsp3) is 0.417. The zero-order valence-electron chi connectivity index (χ0n) is 9.04. The Morgan fingerprint density at radius 1 is 1.38 bits per heavy atom. The minimum atomic E-state index is -0.913. The predicted molar refractivity (Wildman–Crippen MR) is 55.9 cm³/mol. The molecule has 0 fully saturated rings. The third-order valence-corrected chi connectivity index (χ3v) is 2.52. The van der Waals surface area contributed by atoms with Crippen molar-refractivity contribution in [2.24, 2.45) is 5.92 Å². The molecule has 4 heteroatoms. The van der Waals surface area contributed by atoms with Gasteiger partial charge in [0.1, 0.15) is 5.78 Å². The van der Waals surface area contributed by atoms with E-state index >= 15 is 0 Å². The van der Waals surface area contributed by atoms with Gasteiger partial charge < -0.3 is 5.11 Å². The normalized spacial score (nSPS) is 12.5. The minimum Gasteiger partial charge on any atom is -0.396 e. The van der Waals surface area contributed by atoms with E-state index in [4.69, 9.17) is 5.11 Å². The fourth-order valence-corrected chi connectivity index (χ4v) is 1.56. The van der Waals surface area contributed by atoms with Gasteiger partial charge in [-0.05, 0) is 37.5 Å². The molecule has 1 N–H and O–H groups in total. The lowest BCUT2D eigenvalue weighted by Gasteiger charge is -2.12. The second-order valence-corrected chi connectivity index (χ2v) is 3.77. The van der Waals surface area contributed by atoms with Crippen molar-refractivity contribution in [3.8, 4) is 0 Å². The first kappa shape index (κ1) is 12.8. The second kappa shape index (κ2) is 5.70. The Labute approximate surface area is 92.9 Å². The van der Waals surface area contributed by atoms with Crippen LogP contribution in [-0.2, 0) is 11.2 Å².